The number of nitrogens with one attached hydrogen (secondary N) is 1. The Morgan fingerprint density at radius 2 is 1.95 bits per heavy atom. The van der Waals surface area contributed by atoms with Crippen LogP contribution < -0.4 is 5.32 Å². The van der Waals surface area contributed by atoms with Crippen LogP contribution >= 0.6 is 0 Å². The third-order valence-electron chi connectivity index (χ3n) is 4.03. The molecule has 2 unspecified atom stereocenters. The van der Waals surface area contributed by atoms with Gasteiger partial charge < -0.3 is 15.0 Å². The topological polar surface area (TPSA) is 41.6 Å². The van der Waals surface area contributed by atoms with Crippen LogP contribution in [0.3, 0.4) is 0 Å². The molecule has 0 radical (unpaired) electrons. The molecule has 1 aliphatic rings. The summed E-state index contributed by atoms with van der Waals surface area (Å²) >= 11 is 0. The zero-order valence-corrected chi connectivity index (χ0v) is 12.9. The number of ether oxygens (including phenoxy) is 1. The number of hydrogen-bond donors (Lipinski definition) is 1. The second-order valence-corrected chi connectivity index (χ2v) is 5.61. The molecular formula is C15H30N2O2. The Morgan fingerprint density at radius 3 is 2.47 bits per heavy atom. The first kappa shape index (κ1) is 16.4. The molecule has 0 spiro atoms. The van der Waals surface area contributed by atoms with Gasteiger partial charge in [0, 0.05) is 6.04 Å². The van der Waals surface area contributed by atoms with E-state index in [1.807, 2.05) is 13.8 Å². The number of carbonyl (C=O) groups is 1. The highest BCUT2D eigenvalue weighted by Gasteiger charge is 2.26. The second-order valence-electron chi connectivity index (χ2n) is 5.61. The van der Waals surface area contributed by atoms with Gasteiger partial charge in [0.15, 0.2) is 0 Å². The zero-order valence-electron chi connectivity index (χ0n) is 12.9. The Balaban J connectivity index is 2.30. The third-order valence-corrected chi connectivity index (χ3v) is 4.03. The number of nitrogens with zero attached hydrogens (tertiary/aromatic N) is 1. The summed E-state index contributed by atoms with van der Waals surface area (Å²) in [6, 6.07) is 0.173. The van der Waals surface area contributed by atoms with E-state index in [-0.39, 0.29) is 12.0 Å². The van der Waals surface area contributed by atoms with E-state index in [9.17, 15) is 4.79 Å². The Labute approximate surface area is 117 Å². The minimum atomic E-state index is -0.205. The normalized spacial score (nSPS) is 21.1. The maximum Gasteiger partial charge on any atom is 0.322 e. The molecule has 1 rings (SSSR count). The summed E-state index contributed by atoms with van der Waals surface area (Å²) < 4.78 is 5.03. The van der Waals surface area contributed by atoms with Crippen molar-refractivity contribution >= 4 is 5.97 Å². The minimum Gasteiger partial charge on any atom is -0.465 e. The fraction of sp³-hybridized carbons (Fsp3) is 0.933. The summed E-state index contributed by atoms with van der Waals surface area (Å²) in [6.45, 7) is 12.2. The third kappa shape index (κ3) is 5.49. The van der Waals surface area contributed by atoms with Gasteiger partial charge in [-0.05, 0) is 65.6 Å². The molecule has 2 atom stereocenters. The molecule has 0 saturated carbocycles. The maximum absolute atomic E-state index is 11.6. The van der Waals surface area contributed by atoms with Crippen molar-refractivity contribution in [3.63, 3.8) is 0 Å². The van der Waals surface area contributed by atoms with Crippen LogP contribution in [-0.4, -0.2) is 49.2 Å². The number of likely N-dealkylation sites (tertiary alicyclic amines) is 1. The van der Waals surface area contributed by atoms with Crippen LogP contribution in [0.25, 0.3) is 0 Å². The lowest BCUT2D eigenvalue weighted by atomic mass is 9.90. The first-order valence-corrected chi connectivity index (χ1v) is 7.73. The Bertz CT molecular complexity index is 263. The monoisotopic (exact) mass is 270 g/mol. The predicted octanol–water partition coefficient (Wildman–Crippen LogP) is 2.04. The summed E-state index contributed by atoms with van der Waals surface area (Å²) in [5.41, 5.74) is 0. The highest BCUT2D eigenvalue weighted by molar-refractivity contribution is 5.75. The molecule has 1 saturated heterocycles. The number of hydrogen-bond acceptors (Lipinski definition) is 4. The molecule has 1 heterocycles. The van der Waals surface area contributed by atoms with Gasteiger partial charge in [-0.25, -0.2) is 0 Å². The van der Waals surface area contributed by atoms with E-state index in [1.165, 1.54) is 38.9 Å². The lowest BCUT2D eigenvalue weighted by Gasteiger charge is -2.35. The number of piperidine rings is 1. The van der Waals surface area contributed by atoms with E-state index in [0.29, 0.717) is 18.6 Å². The summed E-state index contributed by atoms with van der Waals surface area (Å²) in [5, 5.41) is 3.39. The number of carbonyl (C=O) groups excluding carboxylic acids is 1. The van der Waals surface area contributed by atoms with Crippen molar-refractivity contribution in [1.29, 1.82) is 0 Å². The van der Waals surface area contributed by atoms with Crippen LogP contribution in [-0.2, 0) is 9.53 Å². The quantitative estimate of drug-likeness (QED) is 0.719. The molecule has 0 bridgehead atoms. The van der Waals surface area contributed by atoms with Gasteiger partial charge in [0.05, 0.1) is 6.61 Å². The van der Waals surface area contributed by atoms with Crippen LogP contribution in [0.1, 0.15) is 47.0 Å². The fourth-order valence-electron chi connectivity index (χ4n) is 2.86. The molecule has 1 N–H and O–H groups in total. The van der Waals surface area contributed by atoms with Gasteiger partial charge in [-0.2, -0.15) is 0 Å². The van der Waals surface area contributed by atoms with Crippen molar-refractivity contribution < 1.29 is 9.53 Å². The van der Waals surface area contributed by atoms with Crippen molar-refractivity contribution in [3.05, 3.63) is 0 Å². The van der Waals surface area contributed by atoms with Crippen LogP contribution in [0.2, 0.25) is 0 Å². The van der Waals surface area contributed by atoms with Crippen LogP contribution in [0, 0.1) is 5.92 Å². The smallest absolute Gasteiger partial charge is 0.322 e. The van der Waals surface area contributed by atoms with E-state index in [2.05, 4.69) is 24.1 Å². The molecule has 0 amide bonds. The van der Waals surface area contributed by atoms with Gasteiger partial charge in [0.1, 0.15) is 6.04 Å². The average molecular weight is 270 g/mol. The maximum atomic E-state index is 11.6. The Morgan fingerprint density at radius 1 is 1.32 bits per heavy atom. The molecule has 19 heavy (non-hydrogen) atoms. The Hall–Kier alpha value is -0.610. The highest BCUT2D eigenvalue weighted by Crippen LogP contribution is 2.21. The van der Waals surface area contributed by atoms with Crippen molar-refractivity contribution in [2.45, 2.75) is 59.0 Å². The first-order valence-electron chi connectivity index (χ1n) is 7.73. The van der Waals surface area contributed by atoms with E-state index in [4.69, 9.17) is 4.74 Å². The van der Waals surface area contributed by atoms with Gasteiger partial charge in [-0.15, -0.1) is 0 Å². The molecule has 0 aliphatic carbocycles. The fourth-order valence-corrected chi connectivity index (χ4v) is 2.86. The first-order chi connectivity index (χ1) is 9.08. The van der Waals surface area contributed by atoms with Crippen molar-refractivity contribution in [2.24, 2.45) is 5.92 Å². The molecule has 0 aromatic carbocycles. The predicted molar refractivity (Wildman–Crippen MR) is 78.1 cm³/mol. The minimum absolute atomic E-state index is 0.141. The standard InChI is InChI=1S/C15H30N2O2/c1-5-9-17-10-7-14(8-11-17)12(3)16-13(4)15(18)19-6-2/h12-14,16H,5-11H2,1-4H3. The van der Waals surface area contributed by atoms with E-state index >= 15 is 0 Å². The lowest BCUT2D eigenvalue weighted by Crippen LogP contribution is -2.47. The molecule has 1 aliphatic heterocycles. The van der Waals surface area contributed by atoms with Crippen LogP contribution in [0.4, 0.5) is 0 Å². The molecule has 112 valence electrons. The van der Waals surface area contributed by atoms with Gasteiger partial charge in [-0.1, -0.05) is 6.92 Å². The summed E-state index contributed by atoms with van der Waals surface area (Å²) in [4.78, 5) is 14.1. The van der Waals surface area contributed by atoms with Crippen LogP contribution in [0.15, 0.2) is 0 Å². The Kier molecular flexibility index (Phi) is 7.39. The van der Waals surface area contributed by atoms with Crippen LogP contribution in [0.5, 0.6) is 0 Å². The van der Waals surface area contributed by atoms with E-state index in [1.54, 1.807) is 0 Å². The highest BCUT2D eigenvalue weighted by atomic mass is 16.5. The molecular weight excluding hydrogens is 240 g/mol. The SMILES string of the molecule is CCCN1CCC(C(C)NC(C)C(=O)OCC)CC1. The van der Waals surface area contributed by atoms with Crippen molar-refractivity contribution in [1.82, 2.24) is 10.2 Å². The number of esters is 1. The zero-order chi connectivity index (χ0) is 14.3. The molecule has 4 heteroatoms. The summed E-state index contributed by atoms with van der Waals surface area (Å²) in [5.74, 6) is 0.530. The van der Waals surface area contributed by atoms with Gasteiger partial charge in [-0.3, -0.25) is 4.79 Å². The molecule has 1 fully saturated rings. The van der Waals surface area contributed by atoms with Gasteiger partial charge in [0.2, 0.25) is 0 Å². The number of rotatable bonds is 7. The van der Waals surface area contributed by atoms with Crippen molar-refractivity contribution in [2.75, 3.05) is 26.2 Å². The average Bonchev–Trinajstić information content (AvgIpc) is 2.40. The molecule has 0 aromatic heterocycles. The van der Waals surface area contributed by atoms with E-state index < -0.39 is 0 Å². The lowest BCUT2D eigenvalue weighted by molar-refractivity contribution is -0.145. The van der Waals surface area contributed by atoms with Gasteiger partial charge in [0.25, 0.3) is 0 Å². The second kappa shape index (κ2) is 8.54. The van der Waals surface area contributed by atoms with Crippen molar-refractivity contribution in [3.8, 4) is 0 Å². The summed E-state index contributed by atoms with van der Waals surface area (Å²) in [7, 11) is 0. The van der Waals surface area contributed by atoms with Gasteiger partial charge >= 0.3 is 5.97 Å². The largest absolute Gasteiger partial charge is 0.465 e. The summed E-state index contributed by atoms with van der Waals surface area (Å²) in [6.07, 6.45) is 3.69. The molecule has 4 nitrogen and oxygen atoms in total. The van der Waals surface area contributed by atoms with E-state index in [0.717, 1.165) is 0 Å². The molecule has 0 aromatic rings.